The van der Waals surface area contributed by atoms with Crippen molar-refractivity contribution in [2.45, 2.75) is 296 Å². The fraction of sp³-hybridized carbons (Fsp3) is 0.783. The fourth-order valence-electron chi connectivity index (χ4n) is 8.48. The molecule has 0 heterocycles. The molecule has 0 bridgehead atoms. The van der Waals surface area contributed by atoms with Gasteiger partial charge in [0.25, 0.3) is 0 Å². The molecule has 0 radical (unpaired) electrons. The van der Waals surface area contributed by atoms with Crippen molar-refractivity contribution >= 4 is 5.91 Å². The van der Waals surface area contributed by atoms with Crippen LogP contribution >= 0.6 is 0 Å². The number of rotatable bonds is 51. The lowest BCUT2D eigenvalue weighted by Crippen LogP contribution is -2.45. The SMILES string of the molecule is CC/C=C\C/C=C\C/C=C\C/C=C\C/C=C\C/C=C\CCCCCCCCCCCCCCCCC(=O)NC(CO)C(O)CCCCCCCCCCCCCCCCCCCCC. The minimum atomic E-state index is -0.663. The van der Waals surface area contributed by atoms with Crippen molar-refractivity contribution in [2.24, 2.45) is 0 Å². The molecule has 0 fully saturated rings. The number of unbranched alkanes of at least 4 members (excludes halogenated alkanes) is 32. The molecule has 64 heavy (non-hydrogen) atoms. The monoisotopic (exact) mass is 892 g/mol. The van der Waals surface area contributed by atoms with Gasteiger partial charge < -0.3 is 15.5 Å². The number of hydrogen-bond acceptors (Lipinski definition) is 3. The standard InChI is InChI=1S/C60H109NO3/c1-3-5-7-9-11-13-15-17-19-21-23-24-25-26-27-28-29-30-31-32-33-34-35-36-38-40-42-44-46-48-50-52-54-56-60(64)61-58(57-62)59(63)55-53-51-49-47-45-43-41-39-37-22-20-18-16-14-12-10-8-6-4-2/h5,7,11,13,17,19,23-24,26-27,29-30,58-59,62-63H,3-4,6,8-10,12,14-16,18,20-22,25,28,31-57H2,1-2H3,(H,61,64)/b7-5-,13-11-,19-17-,24-23-,27-26-,30-29-. The van der Waals surface area contributed by atoms with E-state index < -0.39 is 12.1 Å². The van der Waals surface area contributed by atoms with E-state index in [1.54, 1.807) is 0 Å². The van der Waals surface area contributed by atoms with E-state index in [1.165, 1.54) is 193 Å². The van der Waals surface area contributed by atoms with Crippen molar-refractivity contribution in [3.8, 4) is 0 Å². The van der Waals surface area contributed by atoms with E-state index in [0.717, 1.165) is 64.2 Å². The van der Waals surface area contributed by atoms with E-state index in [0.29, 0.717) is 12.8 Å². The average molecular weight is 893 g/mol. The van der Waals surface area contributed by atoms with Gasteiger partial charge in [-0.15, -0.1) is 0 Å². The van der Waals surface area contributed by atoms with E-state index in [1.807, 2.05) is 0 Å². The van der Waals surface area contributed by atoms with Gasteiger partial charge in [-0.3, -0.25) is 4.79 Å². The molecule has 4 heteroatoms. The maximum absolute atomic E-state index is 12.5. The zero-order valence-corrected chi connectivity index (χ0v) is 42.8. The molecule has 2 unspecified atom stereocenters. The first-order valence-corrected chi connectivity index (χ1v) is 28.1. The van der Waals surface area contributed by atoms with Crippen molar-refractivity contribution in [2.75, 3.05) is 6.61 Å². The Morgan fingerprint density at radius 3 is 1.03 bits per heavy atom. The quantitative estimate of drug-likeness (QED) is 0.0421. The van der Waals surface area contributed by atoms with Crippen LogP contribution in [-0.2, 0) is 4.79 Å². The van der Waals surface area contributed by atoms with Crippen LogP contribution in [0.2, 0.25) is 0 Å². The van der Waals surface area contributed by atoms with Crippen LogP contribution < -0.4 is 5.32 Å². The molecule has 3 N–H and O–H groups in total. The van der Waals surface area contributed by atoms with E-state index in [9.17, 15) is 15.0 Å². The third-order valence-electron chi connectivity index (χ3n) is 12.7. The minimum Gasteiger partial charge on any atom is -0.394 e. The van der Waals surface area contributed by atoms with Gasteiger partial charge in [-0.1, -0.05) is 286 Å². The highest BCUT2D eigenvalue weighted by atomic mass is 16.3. The number of carbonyl (C=O) groups is 1. The molecule has 0 aromatic rings. The van der Waals surface area contributed by atoms with E-state index in [4.69, 9.17) is 0 Å². The molecule has 0 rings (SSSR count). The van der Waals surface area contributed by atoms with Gasteiger partial charge in [0, 0.05) is 6.42 Å². The van der Waals surface area contributed by atoms with Crippen molar-refractivity contribution in [3.63, 3.8) is 0 Å². The van der Waals surface area contributed by atoms with Crippen LogP contribution in [0.1, 0.15) is 284 Å². The summed E-state index contributed by atoms with van der Waals surface area (Å²) in [6.07, 6.45) is 78.8. The Morgan fingerprint density at radius 1 is 0.391 bits per heavy atom. The van der Waals surface area contributed by atoms with Crippen LogP contribution in [0.5, 0.6) is 0 Å². The topological polar surface area (TPSA) is 69.6 Å². The number of aliphatic hydroxyl groups is 2. The molecular formula is C60H109NO3. The predicted molar refractivity (Wildman–Crippen MR) is 285 cm³/mol. The maximum atomic E-state index is 12.5. The maximum Gasteiger partial charge on any atom is 0.220 e. The number of carbonyl (C=O) groups excluding carboxylic acids is 1. The summed E-state index contributed by atoms with van der Waals surface area (Å²) < 4.78 is 0. The van der Waals surface area contributed by atoms with Crippen molar-refractivity contribution in [3.05, 3.63) is 72.9 Å². The average Bonchev–Trinajstić information content (AvgIpc) is 3.30. The molecule has 0 aromatic carbocycles. The molecular weight excluding hydrogens is 783 g/mol. The molecule has 0 aliphatic rings. The number of aliphatic hydroxyl groups excluding tert-OH is 2. The minimum absolute atomic E-state index is 0.0313. The Hall–Kier alpha value is -2.17. The highest BCUT2D eigenvalue weighted by Gasteiger charge is 2.20. The normalized spacial score (nSPS) is 13.4. The van der Waals surface area contributed by atoms with Crippen molar-refractivity contribution in [1.29, 1.82) is 0 Å². The third-order valence-corrected chi connectivity index (χ3v) is 12.7. The zero-order valence-electron chi connectivity index (χ0n) is 42.8. The third kappa shape index (κ3) is 50.8. The van der Waals surface area contributed by atoms with Gasteiger partial charge in [0.2, 0.25) is 5.91 Å². The van der Waals surface area contributed by atoms with Gasteiger partial charge in [0.1, 0.15) is 0 Å². The largest absolute Gasteiger partial charge is 0.394 e. The van der Waals surface area contributed by atoms with Gasteiger partial charge in [0.15, 0.2) is 0 Å². The molecule has 1 amide bonds. The molecule has 2 atom stereocenters. The van der Waals surface area contributed by atoms with Gasteiger partial charge >= 0.3 is 0 Å². The Kier molecular flexibility index (Phi) is 53.3. The number of hydrogen-bond donors (Lipinski definition) is 3. The molecule has 0 aliphatic heterocycles. The molecule has 0 saturated carbocycles. The highest BCUT2D eigenvalue weighted by Crippen LogP contribution is 2.17. The fourth-order valence-corrected chi connectivity index (χ4v) is 8.48. The van der Waals surface area contributed by atoms with Gasteiger partial charge in [0.05, 0.1) is 18.8 Å². The summed E-state index contributed by atoms with van der Waals surface area (Å²) in [5.41, 5.74) is 0. The van der Waals surface area contributed by atoms with Crippen molar-refractivity contribution in [1.82, 2.24) is 5.32 Å². The summed E-state index contributed by atoms with van der Waals surface area (Å²) in [5.74, 6) is -0.0313. The Balaban J connectivity index is 3.49. The number of allylic oxidation sites excluding steroid dienone is 12. The Labute approximate surface area is 399 Å². The smallest absolute Gasteiger partial charge is 0.220 e. The van der Waals surface area contributed by atoms with E-state index in [-0.39, 0.29) is 12.5 Å². The molecule has 0 spiro atoms. The molecule has 4 nitrogen and oxygen atoms in total. The summed E-state index contributed by atoms with van der Waals surface area (Å²) in [6, 6.07) is -0.540. The van der Waals surface area contributed by atoms with Crippen LogP contribution in [0.25, 0.3) is 0 Å². The predicted octanol–water partition coefficient (Wildman–Crippen LogP) is 18.6. The Bertz CT molecular complexity index is 1100. The van der Waals surface area contributed by atoms with Gasteiger partial charge in [-0.2, -0.15) is 0 Å². The molecule has 0 aromatic heterocycles. The summed E-state index contributed by atoms with van der Waals surface area (Å²) >= 11 is 0. The summed E-state index contributed by atoms with van der Waals surface area (Å²) in [4.78, 5) is 12.5. The second-order valence-corrected chi connectivity index (χ2v) is 19.0. The zero-order chi connectivity index (χ0) is 46.3. The van der Waals surface area contributed by atoms with Crippen LogP contribution in [0, 0.1) is 0 Å². The summed E-state index contributed by atoms with van der Waals surface area (Å²) in [6.45, 7) is 4.26. The number of amides is 1. The van der Waals surface area contributed by atoms with Gasteiger partial charge in [-0.25, -0.2) is 0 Å². The second-order valence-electron chi connectivity index (χ2n) is 19.0. The summed E-state index contributed by atoms with van der Waals surface area (Å²) in [5, 5.41) is 23.3. The molecule has 372 valence electrons. The van der Waals surface area contributed by atoms with Crippen LogP contribution in [0.15, 0.2) is 72.9 Å². The molecule has 0 aliphatic carbocycles. The van der Waals surface area contributed by atoms with Crippen LogP contribution in [-0.4, -0.2) is 34.9 Å². The van der Waals surface area contributed by atoms with Gasteiger partial charge in [-0.05, 0) is 64.2 Å². The van der Waals surface area contributed by atoms with E-state index >= 15 is 0 Å². The Morgan fingerprint density at radius 2 is 0.688 bits per heavy atom. The first kappa shape index (κ1) is 61.8. The first-order chi connectivity index (χ1) is 31.7. The van der Waals surface area contributed by atoms with Crippen LogP contribution in [0.3, 0.4) is 0 Å². The molecule has 0 saturated heterocycles. The number of nitrogens with one attached hydrogen (secondary N) is 1. The lowest BCUT2D eigenvalue weighted by Gasteiger charge is -2.22. The van der Waals surface area contributed by atoms with E-state index in [2.05, 4.69) is 92.1 Å². The van der Waals surface area contributed by atoms with Crippen LogP contribution in [0.4, 0.5) is 0 Å². The second kappa shape index (κ2) is 55.2. The lowest BCUT2D eigenvalue weighted by atomic mass is 10.0. The first-order valence-electron chi connectivity index (χ1n) is 28.1. The lowest BCUT2D eigenvalue weighted by molar-refractivity contribution is -0.123. The highest BCUT2D eigenvalue weighted by molar-refractivity contribution is 5.76. The summed E-state index contributed by atoms with van der Waals surface area (Å²) in [7, 11) is 0. The van der Waals surface area contributed by atoms with Crippen molar-refractivity contribution < 1.29 is 15.0 Å².